The summed E-state index contributed by atoms with van der Waals surface area (Å²) < 4.78 is 422. The topological polar surface area (TPSA) is 86.8 Å². The van der Waals surface area contributed by atoms with Crippen LogP contribution in [0.25, 0.3) is 0 Å². The van der Waals surface area contributed by atoms with Gasteiger partial charge in [-0.2, -0.15) is 105 Å². The Hall–Kier alpha value is -11.8. The SMILES string of the molecule is C[C@@H](O[C@@H]1OCCN(Cc2ccccc2)[C@H]1c1ccc(F)cc1)c1cc(C(F)(F)F)cc(C(F)(F)F)c1.C[C@@H](O[C@H]1OCCN(Cc2ccccc2)[C@@H]1c1ccc(F)cc1)c1cc(C(F)(F)F)cc(C(F)(F)F)c1.C[C@H](O[C@@H]1OCCN(Cc2ccccc2)[C@H]1c1ccc(F)cc1)c1cc(C(F)(F)F)cc(C(F)(F)F)c1.C[C@H](O[C@H]1OCCN(Cc2ccccc2)[C@@H]1c1ccc(F)cc1)c1cc(C(F)(F)F)cc(C(F)(F)F)c1. The number of morpholine rings is 4. The minimum absolute atomic E-state index is 0.0796. The van der Waals surface area contributed by atoms with E-state index in [1.54, 1.807) is 48.5 Å². The zero-order valence-corrected chi connectivity index (χ0v) is 78.8. The van der Waals surface area contributed by atoms with Crippen molar-refractivity contribution in [2.75, 3.05) is 52.6 Å². The van der Waals surface area contributed by atoms with Crippen molar-refractivity contribution in [2.24, 2.45) is 0 Å². The first-order chi connectivity index (χ1) is 69.7. The van der Waals surface area contributed by atoms with Crippen LogP contribution >= 0.6 is 0 Å². The van der Waals surface area contributed by atoms with E-state index >= 15 is 0 Å². The molecule has 0 aromatic heterocycles. The lowest BCUT2D eigenvalue weighted by Gasteiger charge is -2.42. The summed E-state index contributed by atoms with van der Waals surface area (Å²) in [5, 5.41) is 0. The molecule has 792 valence electrons. The summed E-state index contributed by atoms with van der Waals surface area (Å²) >= 11 is 0. The largest absolute Gasteiger partial charge is 0.416 e. The van der Waals surface area contributed by atoms with E-state index in [2.05, 4.69) is 0 Å². The van der Waals surface area contributed by atoms with Crippen molar-refractivity contribution in [1.82, 2.24) is 19.6 Å². The summed E-state index contributed by atoms with van der Waals surface area (Å²) in [6, 6.07) is 63.7. The number of ether oxygens (including phenoxy) is 8. The van der Waals surface area contributed by atoms with Crippen LogP contribution in [0.4, 0.5) is 123 Å². The third-order valence-corrected chi connectivity index (χ3v) is 24.7. The maximum atomic E-state index is 13.6. The number of benzene rings is 12. The molecule has 0 saturated carbocycles. The molecular weight excluding hydrogens is 2010 g/mol. The number of hydrogen-bond donors (Lipinski definition) is 0. The second-order valence-corrected chi connectivity index (χ2v) is 35.2. The molecule has 0 radical (unpaired) electrons. The van der Waals surface area contributed by atoms with Crippen LogP contribution in [0.1, 0.15) is 188 Å². The first-order valence-electron chi connectivity index (χ1n) is 46.1. The molecular formula is C108H96F28N4O8. The standard InChI is InChI=1S/4C27H24F7NO2/c4*1-17(20-13-21(26(29,30)31)15-22(14-20)27(32,33)34)37-25-24(19-7-9-23(28)10-8-19)35(11-12-36-25)16-18-5-3-2-4-6-18/h4*2-10,13-15,17,24-25H,11-12,16H2,1H3/t2*17-,24+,25+;2*17-,24-,25-/m1010/s1. The van der Waals surface area contributed by atoms with Crippen molar-refractivity contribution in [2.45, 2.75) is 177 Å². The molecule has 0 unspecified atom stereocenters. The maximum Gasteiger partial charge on any atom is 0.416 e. The zero-order chi connectivity index (χ0) is 107. The smallest absolute Gasteiger partial charge is 0.349 e. The van der Waals surface area contributed by atoms with E-state index in [1.165, 1.54) is 76.2 Å². The van der Waals surface area contributed by atoms with Gasteiger partial charge >= 0.3 is 49.4 Å². The van der Waals surface area contributed by atoms with E-state index in [-0.39, 0.29) is 72.9 Å². The molecule has 40 heteroatoms. The molecule has 4 fully saturated rings. The van der Waals surface area contributed by atoms with Crippen LogP contribution in [0.5, 0.6) is 0 Å². The lowest BCUT2D eigenvalue weighted by Crippen LogP contribution is -2.46. The average Bonchev–Trinajstić information content (AvgIpc) is 0.792. The Balaban J connectivity index is 0.000000165. The fourth-order valence-electron chi connectivity index (χ4n) is 17.3. The zero-order valence-electron chi connectivity index (χ0n) is 78.8. The summed E-state index contributed by atoms with van der Waals surface area (Å²) in [6.07, 6.45) is -48.6. The van der Waals surface area contributed by atoms with Crippen LogP contribution < -0.4 is 0 Å². The number of alkyl halides is 24. The first-order valence-corrected chi connectivity index (χ1v) is 46.1. The minimum Gasteiger partial charge on any atom is -0.349 e. The first kappa shape index (κ1) is 113. The highest BCUT2D eigenvalue weighted by Gasteiger charge is 2.47. The second-order valence-electron chi connectivity index (χ2n) is 35.2. The molecule has 12 aromatic rings. The van der Waals surface area contributed by atoms with Crippen molar-refractivity contribution >= 4 is 0 Å². The molecule has 0 amide bonds. The Morgan fingerprint density at radius 2 is 0.372 bits per heavy atom. The number of rotatable bonds is 24. The molecule has 12 nitrogen and oxygen atoms in total. The van der Waals surface area contributed by atoms with Crippen molar-refractivity contribution in [3.8, 4) is 0 Å². The molecule has 12 atom stereocenters. The van der Waals surface area contributed by atoms with E-state index < -0.39 is 191 Å². The molecule has 4 aliphatic rings. The predicted octanol–water partition coefficient (Wildman–Crippen LogP) is 30.2. The Labute approximate surface area is 832 Å². The second kappa shape index (κ2) is 48.4. The van der Waals surface area contributed by atoms with Gasteiger partial charge in [-0.3, -0.25) is 19.6 Å². The van der Waals surface area contributed by atoms with Crippen LogP contribution in [0, 0.1) is 23.3 Å². The van der Waals surface area contributed by atoms with Crippen molar-refractivity contribution < 1.29 is 161 Å². The Bertz CT molecular complexity index is 5350. The highest BCUT2D eigenvalue weighted by molar-refractivity contribution is 5.40. The molecule has 16 rings (SSSR count). The molecule has 0 N–H and O–H groups in total. The van der Waals surface area contributed by atoms with E-state index in [0.717, 1.165) is 22.3 Å². The molecule has 4 heterocycles. The van der Waals surface area contributed by atoms with Gasteiger partial charge in [0.15, 0.2) is 25.2 Å². The van der Waals surface area contributed by atoms with Crippen LogP contribution in [0.3, 0.4) is 0 Å². The summed E-state index contributed by atoms with van der Waals surface area (Å²) in [4.78, 5) is 8.10. The highest BCUT2D eigenvalue weighted by atomic mass is 19.4. The average molecular weight is 2110 g/mol. The van der Waals surface area contributed by atoms with Crippen LogP contribution in [-0.2, 0) is 113 Å². The Morgan fingerprint density at radius 1 is 0.223 bits per heavy atom. The lowest BCUT2D eigenvalue weighted by molar-refractivity contribution is -0.231. The van der Waals surface area contributed by atoms with Crippen molar-refractivity contribution in [3.63, 3.8) is 0 Å². The van der Waals surface area contributed by atoms with Gasteiger partial charge in [-0.1, -0.05) is 170 Å². The van der Waals surface area contributed by atoms with Gasteiger partial charge in [-0.25, -0.2) is 17.6 Å². The van der Waals surface area contributed by atoms with Crippen molar-refractivity contribution in [1.29, 1.82) is 0 Å². The Morgan fingerprint density at radius 3 is 0.514 bits per heavy atom. The van der Waals surface area contributed by atoms with Gasteiger partial charge in [0.05, 0.1) is 120 Å². The quantitative estimate of drug-likeness (QED) is 0.0540. The molecule has 4 aliphatic heterocycles. The Kier molecular flexibility index (Phi) is 37.1. The molecule has 0 spiro atoms. The number of hydrogen-bond acceptors (Lipinski definition) is 12. The van der Waals surface area contributed by atoms with Crippen LogP contribution in [-0.4, -0.2) is 97.4 Å². The van der Waals surface area contributed by atoms with E-state index in [1.807, 2.05) is 141 Å². The summed E-state index contributed by atoms with van der Waals surface area (Å²) in [6.45, 7) is 10.2. The van der Waals surface area contributed by atoms with Gasteiger partial charge < -0.3 is 37.9 Å². The summed E-state index contributed by atoms with van der Waals surface area (Å²) in [5.74, 6) is -1.82. The van der Waals surface area contributed by atoms with Gasteiger partial charge in [0.25, 0.3) is 0 Å². The fourth-order valence-corrected chi connectivity index (χ4v) is 17.3. The minimum atomic E-state index is -4.97. The third kappa shape index (κ3) is 31.2. The van der Waals surface area contributed by atoms with Gasteiger partial charge in [-0.15, -0.1) is 0 Å². The van der Waals surface area contributed by atoms with Gasteiger partial charge in [0.1, 0.15) is 23.3 Å². The molecule has 12 aromatic carbocycles. The van der Waals surface area contributed by atoms with Gasteiger partial charge in [-0.05, 0) is 216 Å². The molecule has 4 saturated heterocycles. The van der Waals surface area contributed by atoms with E-state index in [4.69, 9.17) is 37.9 Å². The monoisotopic (exact) mass is 2110 g/mol. The third-order valence-electron chi connectivity index (χ3n) is 24.7. The van der Waals surface area contributed by atoms with Crippen LogP contribution in [0.15, 0.2) is 291 Å². The van der Waals surface area contributed by atoms with Gasteiger partial charge in [0.2, 0.25) is 0 Å². The highest BCUT2D eigenvalue weighted by Crippen LogP contribution is 2.48. The molecule has 0 aliphatic carbocycles. The number of nitrogens with zero attached hydrogens (tertiary/aromatic N) is 4. The molecule has 148 heavy (non-hydrogen) atoms. The summed E-state index contributed by atoms with van der Waals surface area (Å²) in [7, 11) is 0. The maximum absolute atomic E-state index is 13.6. The number of halogens is 28. The fraction of sp³-hybridized carbons (Fsp3) is 0.333. The van der Waals surface area contributed by atoms with E-state index in [9.17, 15) is 123 Å². The normalized spacial score (nSPS) is 20.1. The predicted molar refractivity (Wildman–Crippen MR) is 487 cm³/mol. The van der Waals surface area contributed by atoms with E-state index in [0.29, 0.717) is 123 Å². The van der Waals surface area contributed by atoms with Crippen molar-refractivity contribution in [3.05, 3.63) is 426 Å². The summed E-state index contributed by atoms with van der Waals surface area (Å²) in [5.41, 5.74) is -6.04. The van der Waals surface area contributed by atoms with Gasteiger partial charge in [0, 0.05) is 52.4 Å². The van der Waals surface area contributed by atoms with Crippen LogP contribution in [0.2, 0.25) is 0 Å². The lowest BCUT2D eigenvalue weighted by atomic mass is 10.00. The molecule has 0 bridgehead atoms.